The molecule has 0 aromatic carbocycles. The maximum atomic E-state index is 12.1. The summed E-state index contributed by atoms with van der Waals surface area (Å²) in [4.78, 5) is 23.5. The Morgan fingerprint density at radius 1 is 1.26 bits per heavy atom. The number of nitrogens with zero attached hydrogens (tertiary/aromatic N) is 5. The van der Waals surface area contributed by atoms with Gasteiger partial charge in [0.25, 0.3) is 0 Å². The molecule has 8 nitrogen and oxygen atoms in total. The van der Waals surface area contributed by atoms with Gasteiger partial charge in [0.2, 0.25) is 0 Å². The Morgan fingerprint density at radius 2 is 2.00 bits per heavy atom. The summed E-state index contributed by atoms with van der Waals surface area (Å²) in [5.74, 6) is 0.772. The van der Waals surface area contributed by atoms with Crippen LogP contribution in [0.3, 0.4) is 0 Å². The first-order valence-corrected chi connectivity index (χ1v) is 9.66. The van der Waals surface area contributed by atoms with Crippen molar-refractivity contribution in [2.75, 3.05) is 18.4 Å². The van der Waals surface area contributed by atoms with Crippen LogP contribution >= 0.6 is 11.3 Å². The van der Waals surface area contributed by atoms with Crippen molar-refractivity contribution in [2.24, 2.45) is 0 Å². The molecule has 1 aliphatic heterocycles. The quantitative estimate of drug-likeness (QED) is 0.722. The van der Waals surface area contributed by atoms with Crippen LogP contribution in [0.1, 0.15) is 32.0 Å². The van der Waals surface area contributed by atoms with Crippen molar-refractivity contribution in [3.8, 4) is 0 Å². The predicted octanol–water partition coefficient (Wildman–Crippen LogP) is 3.28. The van der Waals surface area contributed by atoms with E-state index in [1.807, 2.05) is 34.6 Å². The summed E-state index contributed by atoms with van der Waals surface area (Å²) in [7, 11) is 0. The van der Waals surface area contributed by atoms with Crippen molar-refractivity contribution in [1.29, 1.82) is 0 Å². The Labute approximate surface area is 161 Å². The zero-order valence-electron chi connectivity index (χ0n) is 16.0. The van der Waals surface area contributed by atoms with Crippen LogP contribution in [0.4, 0.5) is 10.6 Å². The molecule has 0 saturated carbocycles. The first kappa shape index (κ1) is 17.8. The van der Waals surface area contributed by atoms with Crippen molar-refractivity contribution in [3.05, 3.63) is 17.6 Å². The molecule has 0 bridgehead atoms. The van der Waals surface area contributed by atoms with Crippen molar-refractivity contribution in [1.82, 2.24) is 25.1 Å². The predicted molar refractivity (Wildman–Crippen MR) is 105 cm³/mol. The van der Waals surface area contributed by atoms with E-state index >= 15 is 0 Å². The van der Waals surface area contributed by atoms with Gasteiger partial charge in [-0.1, -0.05) is 0 Å². The molecule has 9 heteroatoms. The van der Waals surface area contributed by atoms with E-state index in [0.717, 1.165) is 37.5 Å². The van der Waals surface area contributed by atoms with Gasteiger partial charge in [0, 0.05) is 18.5 Å². The molecule has 3 aromatic rings. The zero-order chi connectivity index (χ0) is 19.3. The minimum atomic E-state index is -0.484. The summed E-state index contributed by atoms with van der Waals surface area (Å²) in [5.41, 5.74) is 2.41. The van der Waals surface area contributed by atoms with E-state index in [-0.39, 0.29) is 12.1 Å². The molecule has 0 aliphatic carbocycles. The molecule has 1 saturated heterocycles. The maximum absolute atomic E-state index is 12.1. The highest BCUT2D eigenvalue weighted by Crippen LogP contribution is 2.37. The van der Waals surface area contributed by atoms with E-state index in [2.05, 4.69) is 25.5 Å². The molecule has 0 unspecified atom stereocenters. The first-order valence-electron chi connectivity index (χ1n) is 8.84. The van der Waals surface area contributed by atoms with E-state index < -0.39 is 5.60 Å². The van der Waals surface area contributed by atoms with Crippen molar-refractivity contribution in [3.63, 3.8) is 0 Å². The van der Waals surface area contributed by atoms with Crippen LogP contribution in [0.15, 0.2) is 6.33 Å². The number of rotatable bonds is 2. The van der Waals surface area contributed by atoms with Gasteiger partial charge in [-0.2, -0.15) is 5.10 Å². The summed E-state index contributed by atoms with van der Waals surface area (Å²) in [6, 6.07) is 0.134. The Kier molecular flexibility index (Phi) is 4.14. The van der Waals surface area contributed by atoms with Crippen LogP contribution in [-0.2, 0) is 4.74 Å². The van der Waals surface area contributed by atoms with Crippen LogP contribution in [-0.4, -0.2) is 55.9 Å². The van der Waals surface area contributed by atoms with Gasteiger partial charge in [-0.25, -0.2) is 14.8 Å². The fraction of sp³-hybridized carbons (Fsp3) is 0.500. The lowest BCUT2D eigenvalue weighted by Crippen LogP contribution is -2.58. The summed E-state index contributed by atoms with van der Waals surface area (Å²) in [6.07, 6.45) is 1.28. The lowest BCUT2D eigenvalue weighted by atomic mass is 10.1. The number of ether oxygens (including phenoxy) is 1. The third-order valence-electron chi connectivity index (χ3n) is 4.54. The summed E-state index contributed by atoms with van der Waals surface area (Å²) in [6.45, 7) is 10.8. The first-order chi connectivity index (χ1) is 12.7. The number of nitrogens with one attached hydrogen (secondary N) is 1. The van der Waals surface area contributed by atoms with E-state index in [1.165, 1.54) is 11.3 Å². The second-order valence-electron chi connectivity index (χ2n) is 7.82. The molecule has 1 aliphatic rings. The topological polar surface area (TPSA) is 93.1 Å². The molecule has 4 heterocycles. The SMILES string of the molecule is Cc1nnc2sc3c(NC4CN(C(=O)OC(C)(C)C)C4)ncnc3c2c1C. The number of likely N-dealkylation sites (tertiary alicyclic amines) is 1. The fourth-order valence-corrected chi connectivity index (χ4v) is 4.11. The molecular weight excluding hydrogens is 364 g/mol. The van der Waals surface area contributed by atoms with Crippen molar-refractivity contribution >= 4 is 43.7 Å². The molecule has 1 N–H and O–H groups in total. The summed E-state index contributed by atoms with van der Waals surface area (Å²) < 4.78 is 6.36. The van der Waals surface area contributed by atoms with Crippen LogP contribution in [0, 0.1) is 13.8 Å². The number of hydrogen-bond acceptors (Lipinski definition) is 8. The van der Waals surface area contributed by atoms with Crippen molar-refractivity contribution < 1.29 is 9.53 Å². The zero-order valence-corrected chi connectivity index (χ0v) is 16.8. The minimum Gasteiger partial charge on any atom is -0.444 e. The molecule has 0 atom stereocenters. The van der Waals surface area contributed by atoms with Gasteiger partial charge in [0.15, 0.2) is 0 Å². The number of anilines is 1. The van der Waals surface area contributed by atoms with Gasteiger partial charge in [0.1, 0.15) is 22.6 Å². The van der Waals surface area contributed by atoms with Crippen LogP contribution in [0.25, 0.3) is 20.4 Å². The Bertz CT molecular complexity index is 1040. The smallest absolute Gasteiger partial charge is 0.410 e. The van der Waals surface area contributed by atoms with Crippen LogP contribution < -0.4 is 5.32 Å². The number of carbonyl (C=O) groups is 1. The number of aromatic nitrogens is 4. The molecule has 0 spiro atoms. The van der Waals surface area contributed by atoms with Crippen LogP contribution in [0.5, 0.6) is 0 Å². The molecule has 0 radical (unpaired) electrons. The van der Waals surface area contributed by atoms with Crippen molar-refractivity contribution in [2.45, 2.75) is 46.3 Å². The van der Waals surface area contributed by atoms with Gasteiger partial charge in [-0.3, -0.25) is 0 Å². The number of hydrogen-bond donors (Lipinski definition) is 1. The van der Waals surface area contributed by atoms with Gasteiger partial charge in [0.05, 0.1) is 22.0 Å². The molecule has 4 rings (SSSR count). The number of thiophene rings is 1. The lowest BCUT2D eigenvalue weighted by Gasteiger charge is -2.40. The maximum Gasteiger partial charge on any atom is 0.410 e. The molecule has 142 valence electrons. The second kappa shape index (κ2) is 6.26. The van der Waals surface area contributed by atoms with Gasteiger partial charge in [-0.15, -0.1) is 16.4 Å². The molecular formula is C18H22N6O2S. The van der Waals surface area contributed by atoms with Gasteiger partial charge >= 0.3 is 6.09 Å². The summed E-state index contributed by atoms with van der Waals surface area (Å²) >= 11 is 1.54. The number of carbonyl (C=O) groups excluding carboxylic acids is 1. The highest BCUT2D eigenvalue weighted by atomic mass is 32.1. The van der Waals surface area contributed by atoms with E-state index in [4.69, 9.17) is 4.74 Å². The van der Waals surface area contributed by atoms with Crippen LogP contribution in [0.2, 0.25) is 0 Å². The number of amides is 1. The number of aryl methyl sites for hydroxylation is 2. The average molecular weight is 386 g/mol. The van der Waals surface area contributed by atoms with Gasteiger partial charge in [-0.05, 0) is 40.2 Å². The normalized spacial score (nSPS) is 15.2. The third-order valence-corrected chi connectivity index (χ3v) is 5.61. The summed E-state index contributed by atoms with van der Waals surface area (Å²) in [5, 5.41) is 13.0. The monoisotopic (exact) mass is 386 g/mol. The molecule has 1 amide bonds. The van der Waals surface area contributed by atoms with Gasteiger partial charge < -0.3 is 15.0 Å². The Balaban J connectivity index is 1.54. The number of fused-ring (bicyclic) bond motifs is 3. The minimum absolute atomic E-state index is 0.134. The highest BCUT2D eigenvalue weighted by molar-refractivity contribution is 7.25. The molecule has 1 fully saturated rings. The second-order valence-corrected chi connectivity index (χ2v) is 8.82. The Hall–Kier alpha value is -2.55. The van der Waals surface area contributed by atoms with E-state index in [0.29, 0.717) is 13.1 Å². The largest absolute Gasteiger partial charge is 0.444 e. The highest BCUT2D eigenvalue weighted by Gasteiger charge is 2.34. The average Bonchev–Trinajstić information content (AvgIpc) is 2.92. The fourth-order valence-electron chi connectivity index (χ4n) is 3.02. The lowest BCUT2D eigenvalue weighted by molar-refractivity contribution is 0.0105. The molecule has 27 heavy (non-hydrogen) atoms. The van der Waals surface area contributed by atoms with E-state index in [1.54, 1.807) is 11.2 Å². The standard InChI is InChI=1S/C18H22N6O2S/c1-9-10(2)22-23-16-12(9)13-14(27-16)15(20-8-19-13)21-11-6-24(7-11)17(25)26-18(3,4)5/h8,11H,6-7H2,1-5H3,(H,19,20,21). The Morgan fingerprint density at radius 3 is 2.70 bits per heavy atom. The third kappa shape index (κ3) is 3.27. The molecule has 3 aromatic heterocycles. The van der Waals surface area contributed by atoms with E-state index in [9.17, 15) is 4.79 Å².